The number of thioether (sulfide) groups is 1. The van der Waals surface area contributed by atoms with E-state index in [1.165, 1.54) is 11.8 Å². The minimum atomic E-state index is 0.632. The molecular weight excluding hydrogens is 260 g/mol. The van der Waals surface area contributed by atoms with Gasteiger partial charge in [0, 0.05) is 5.56 Å². The summed E-state index contributed by atoms with van der Waals surface area (Å²) in [7, 11) is 0. The van der Waals surface area contributed by atoms with Crippen LogP contribution in [0.25, 0.3) is 0 Å². The fourth-order valence-corrected chi connectivity index (χ4v) is 2.07. The Hall–Kier alpha value is -1.82. The molecule has 0 saturated heterocycles. The van der Waals surface area contributed by atoms with E-state index in [9.17, 15) is 0 Å². The molecule has 0 aliphatic heterocycles. The van der Waals surface area contributed by atoms with Crippen LogP contribution in [0.3, 0.4) is 0 Å². The zero-order valence-corrected chi connectivity index (χ0v) is 12.0. The Morgan fingerprint density at radius 2 is 2.16 bits per heavy atom. The van der Waals surface area contributed by atoms with Crippen molar-refractivity contribution in [3.8, 4) is 5.75 Å². The van der Waals surface area contributed by atoms with Gasteiger partial charge in [-0.05, 0) is 32.2 Å². The Balaban J connectivity index is 2.29. The second kappa shape index (κ2) is 6.38. The lowest BCUT2D eigenvalue weighted by Crippen LogP contribution is -1.98. The van der Waals surface area contributed by atoms with Crippen LogP contribution < -0.4 is 4.74 Å². The average Bonchev–Trinajstić information content (AvgIpc) is 2.79. The largest absolute Gasteiger partial charge is 0.493 e. The monoisotopic (exact) mass is 276 g/mol. The van der Waals surface area contributed by atoms with Crippen molar-refractivity contribution in [2.24, 2.45) is 5.10 Å². The van der Waals surface area contributed by atoms with Crippen LogP contribution >= 0.6 is 11.8 Å². The number of rotatable bonds is 5. The van der Waals surface area contributed by atoms with E-state index in [0.29, 0.717) is 6.61 Å². The first kappa shape index (κ1) is 13.6. The number of aromatic nitrogens is 3. The van der Waals surface area contributed by atoms with Crippen molar-refractivity contribution in [1.82, 2.24) is 14.9 Å². The lowest BCUT2D eigenvalue weighted by atomic mass is 10.2. The predicted octanol–water partition coefficient (Wildman–Crippen LogP) is 2.59. The number of ether oxygens (including phenoxy) is 1. The summed E-state index contributed by atoms with van der Waals surface area (Å²) in [6.07, 6.45) is 3.71. The Morgan fingerprint density at radius 1 is 1.37 bits per heavy atom. The third-order valence-corrected chi connectivity index (χ3v) is 3.10. The smallest absolute Gasteiger partial charge is 0.211 e. The highest BCUT2D eigenvalue weighted by Gasteiger charge is 2.06. The molecule has 100 valence electrons. The molecule has 0 bridgehead atoms. The third kappa shape index (κ3) is 3.14. The fourth-order valence-electron chi connectivity index (χ4n) is 1.59. The summed E-state index contributed by atoms with van der Waals surface area (Å²) in [4.78, 5) is 0. The van der Waals surface area contributed by atoms with Gasteiger partial charge in [0.15, 0.2) is 5.82 Å². The zero-order chi connectivity index (χ0) is 13.7. The molecule has 0 radical (unpaired) electrons. The average molecular weight is 276 g/mol. The lowest BCUT2D eigenvalue weighted by molar-refractivity contribution is 0.340. The minimum absolute atomic E-state index is 0.632. The SMILES string of the molecule is CCOc1ccccc1/C=N\n1c(C)nnc1SC. The van der Waals surface area contributed by atoms with Gasteiger partial charge >= 0.3 is 0 Å². The first-order valence-corrected chi connectivity index (χ1v) is 7.21. The van der Waals surface area contributed by atoms with Crippen LogP contribution in [-0.2, 0) is 0 Å². The van der Waals surface area contributed by atoms with E-state index in [4.69, 9.17) is 4.74 Å². The number of nitrogens with zero attached hydrogens (tertiary/aromatic N) is 4. The number of benzene rings is 1. The molecule has 2 rings (SSSR count). The number of para-hydroxylation sites is 1. The van der Waals surface area contributed by atoms with Crippen LogP contribution in [0.5, 0.6) is 5.75 Å². The molecule has 0 aliphatic rings. The van der Waals surface area contributed by atoms with Crippen LogP contribution in [-0.4, -0.2) is 34.0 Å². The first-order valence-electron chi connectivity index (χ1n) is 5.98. The molecule has 2 aromatic rings. The van der Waals surface area contributed by atoms with Gasteiger partial charge in [-0.25, -0.2) is 0 Å². The molecule has 0 fully saturated rings. The summed E-state index contributed by atoms with van der Waals surface area (Å²) < 4.78 is 7.27. The van der Waals surface area contributed by atoms with Crippen molar-refractivity contribution in [1.29, 1.82) is 0 Å². The molecule has 19 heavy (non-hydrogen) atoms. The molecule has 0 saturated carbocycles. The summed E-state index contributed by atoms with van der Waals surface area (Å²) in [6.45, 7) is 4.47. The second-order valence-electron chi connectivity index (χ2n) is 3.76. The van der Waals surface area contributed by atoms with E-state index in [1.54, 1.807) is 10.9 Å². The highest BCUT2D eigenvalue weighted by atomic mass is 32.2. The van der Waals surface area contributed by atoms with Crippen molar-refractivity contribution < 1.29 is 4.74 Å². The number of hydrogen-bond donors (Lipinski definition) is 0. The quantitative estimate of drug-likeness (QED) is 0.622. The highest BCUT2D eigenvalue weighted by molar-refractivity contribution is 7.98. The standard InChI is InChI=1S/C13H16N4OS/c1-4-18-12-8-6-5-7-11(12)9-14-17-10(2)15-16-13(17)19-3/h5-9H,4H2,1-3H3/b14-9-. The van der Waals surface area contributed by atoms with Crippen molar-refractivity contribution in [2.45, 2.75) is 19.0 Å². The maximum absolute atomic E-state index is 5.56. The zero-order valence-electron chi connectivity index (χ0n) is 11.2. The van der Waals surface area contributed by atoms with E-state index in [1.807, 2.05) is 44.4 Å². The molecule has 1 aromatic heterocycles. The second-order valence-corrected chi connectivity index (χ2v) is 4.53. The van der Waals surface area contributed by atoms with Crippen LogP contribution in [0.1, 0.15) is 18.3 Å². The summed E-state index contributed by atoms with van der Waals surface area (Å²) in [6, 6.07) is 7.80. The molecular formula is C13H16N4OS. The molecule has 0 N–H and O–H groups in total. The predicted molar refractivity (Wildman–Crippen MR) is 77.1 cm³/mol. The van der Waals surface area contributed by atoms with E-state index in [2.05, 4.69) is 15.3 Å². The van der Waals surface area contributed by atoms with Gasteiger partial charge in [0.05, 0.1) is 12.8 Å². The maximum atomic E-state index is 5.56. The third-order valence-electron chi connectivity index (χ3n) is 2.48. The van der Waals surface area contributed by atoms with Crippen molar-refractivity contribution in [3.63, 3.8) is 0 Å². The van der Waals surface area contributed by atoms with Crippen molar-refractivity contribution >= 4 is 18.0 Å². The van der Waals surface area contributed by atoms with Crippen LogP contribution in [0, 0.1) is 6.92 Å². The van der Waals surface area contributed by atoms with Crippen molar-refractivity contribution in [3.05, 3.63) is 35.7 Å². The summed E-state index contributed by atoms with van der Waals surface area (Å²) >= 11 is 1.51. The molecule has 0 aliphatic carbocycles. The maximum Gasteiger partial charge on any atom is 0.211 e. The van der Waals surface area contributed by atoms with Gasteiger partial charge in [0.2, 0.25) is 5.16 Å². The Kier molecular flexibility index (Phi) is 4.57. The first-order chi connectivity index (χ1) is 9.26. The topological polar surface area (TPSA) is 52.3 Å². The van der Waals surface area contributed by atoms with Gasteiger partial charge < -0.3 is 4.74 Å². The van der Waals surface area contributed by atoms with E-state index < -0.39 is 0 Å². The van der Waals surface area contributed by atoms with E-state index in [0.717, 1.165) is 22.3 Å². The van der Waals surface area contributed by atoms with Crippen molar-refractivity contribution in [2.75, 3.05) is 12.9 Å². The normalized spacial score (nSPS) is 11.1. The number of hydrogen-bond acceptors (Lipinski definition) is 5. The molecule has 0 spiro atoms. The molecule has 1 aromatic carbocycles. The van der Waals surface area contributed by atoms with Gasteiger partial charge in [-0.1, -0.05) is 23.9 Å². The van der Waals surface area contributed by atoms with E-state index >= 15 is 0 Å². The molecule has 5 nitrogen and oxygen atoms in total. The van der Waals surface area contributed by atoms with Crippen LogP contribution in [0.15, 0.2) is 34.5 Å². The molecule has 1 heterocycles. The summed E-state index contributed by atoms with van der Waals surface area (Å²) in [5.74, 6) is 1.58. The van der Waals surface area contributed by atoms with Gasteiger partial charge in [0.1, 0.15) is 5.75 Å². The van der Waals surface area contributed by atoms with Crippen LogP contribution in [0.4, 0.5) is 0 Å². The highest BCUT2D eigenvalue weighted by Crippen LogP contribution is 2.17. The Labute approximate surface area is 116 Å². The fraction of sp³-hybridized carbons (Fsp3) is 0.308. The molecule has 0 atom stereocenters. The van der Waals surface area contributed by atoms with Gasteiger partial charge in [0.25, 0.3) is 0 Å². The Morgan fingerprint density at radius 3 is 2.89 bits per heavy atom. The lowest BCUT2D eigenvalue weighted by Gasteiger charge is -2.06. The van der Waals surface area contributed by atoms with Gasteiger partial charge in [-0.3, -0.25) is 0 Å². The summed E-state index contributed by atoms with van der Waals surface area (Å²) in [5.41, 5.74) is 0.935. The van der Waals surface area contributed by atoms with Crippen LogP contribution in [0.2, 0.25) is 0 Å². The van der Waals surface area contributed by atoms with Gasteiger partial charge in [-0.2, -0.15) is 9.78 Å². The van der Waals surface area contributed by atoms with E-state index in [-0.39, 0.29) is 0 Å². The minimum Gasteiger partial charge on any atom is -0.493 e. The van der Waals surface area contributed by atoms with Gasteiger partial charge in [-0.15, -0.1) is 10.2 Å². The molecule has 6 heteroatoms. The Bertz CT molecular complexity index is 580. The number of aryl methyl sites for hydroxylation is 1. The molecule has 0 unspecified atom stereocenters. The molecule has 0 amide bonds. The summed E-state index contributed by atoms with van der Waals surface area (Å²) in [5, 5.41) is 13.2.